The molecule has 0 spiro atoms. The van der Waals surface area contributed by atoms with E-state index in [4.69, 9.17) is 16.3 Å². The molecule has 0 aliphatic heterocycles. The zero-order valence-electron chi connectivity index (χ0n) is 16.0. The van der Waals surface area contributed by atoms with E-state index in [-0.39, 0.29) is 0 Å². The topological polar surface area (TPSA) is 68.3 Å². The number of amides is 1. The van der Waals surface area contributed by atoms with Gasteiger partial charge in [-0.05, 0) is 50.1 Å². The van der Waals surface area contributed by atoms with Crippen LogP contribution in [0, 0.1) is 6.92 Å². The Hall–Kier alpha value is -2.92. The van der Waals surface area contributed by atoms with Crippen molar-refractivity contribution < 1.29 is 14.3 Å². The number of aryl methyl sites for hydroxylation is 1. The number of nitrogens with zero attached hydrogens (tertiary/aromatic N) is 1. The first kappa shape index (κ1) is 19.8. The normalized spacial score (nSPS) is 11.9. The van der Waals surface area contributed by atoms with Gasteiger partial charge in [0.25, 0.3) is 5.91 Å². The van der Waals surface area contributed by atoms with Crippen molar-refractivity contribution in [3.63, 3.8) is 0 Å². The van der Waals surface area contributed by atoms with Gasteiger partial charge in [-0.3, -0.25) is 9.78 Å². The van der Waals surface area contributed by atoms with E-state index >= 15 is 0 Å². The van der Waals surface area contributed by atoms with Crippen LogP contribution < -0.4 is 5.32 Å². The summed E-state index contributed by atoms with van der Waals surface area (Å²) in [6.07, 6.45) is -0.273. The van der Waals surface area contributed by atoms with Crippen LogP contribution in [-0.4, -0.2) is 23.0 Å². The number of carbonyl (C=O) groups is 2. The molecule has 1 amide bonds. The van der Waals surface area contributed by atoms with Gasteiger partial charge >= 0.3 is 5.97 Å². The van der Waals surface area contributed by atoms with E-state index in [9.17, 15) is 9.59 Å². The molecule has 144 valence electrons. The van der Waals surface area contributed by atoms with E-state index in [0.29, 0.717) is 28.1 Å². The lowest BCUT2D eigenvalue weighted by Crippen LogP contribution is -2.30. The van der Waals surface area contributed by atoms with Gasteiger partial charge < -0.3 is 10.1 Å². The van der Waals surface area contributed by atoms with E-state index in [1.165, 1.54) is 6.92 Å². The van der Waals surface area contributed by atoms with Crippen molar-refractivity contribution in [3.05, 3.63) is 70.4 Å². The fourth-order valence-corrected chi connectivity index (χ4v) is 3.24. The number of rotatable bonds is 5. The molecule has 28 heavy (non-hydrogen) atoms. The third-order valence-corrected chi connectivity index (χ3v) is 4.76. The van der Waals surface area contributed by atoms with Gasteiger partial charge in [-0.2, -0.15) is 0 Å². The van der Waals surface area contributed by atoms with Crippen LogP contribution in [0.3, 0.4) is 0 Å². The van der Waals surface area contributed by atoms with E-state index in [1.54, 1.807) is 24.3 Å². The van der Waals surface area contributed by atoms with Crippen LogP contribution >= 0.6 is 11.6 Å². The molecule has 1 heterocycles. The van der Waals surface area contributed by atoms with Crippen LogP contribution in [0.5, 0.6) is 0 Å². The summed E-state index contributed by atoms with van der Waals surface area (Å²) >= 11 is 5.93. The van der Waals surface area contributed by atoms with Gasteiger partial charge in [0.1, 0.15) is 0 Å². The first-order valence-corrected chi connectivity index (χ1v) is 9.44. The lowest BCUT2D eigenvalue weighted by molar-refractivity contribution is -0.123. The molecule has 1 atom stereocenters. The first-order chi connectivity index (χ1) is 13.4. The largest absolute Gasteiger partial charge is 0.449 e. The summed E-state index contributed by atoms with van der Waals surface area (Å²) in [5, 5.41) is 3.92. The van der Waals surface area contributed by atoms with E-state index < -0.39 is 18.0 Å². The Morgan fingerprint density at radius 1 is 1.18 bits per heavy atom. The summed E-state index contributed by atoms with van der Waals surface area (Å²) in [5.74, 6) is -0.970. The number of ether oxygens (including phenoxy) is 1. The molecule has 0 aliphatic rings. The van der Waals surface area contributed by atoms with Crippen molar-refractivity contribution >= 4 is 40.1 Å². The molecule has 0 saturated carbocycles. The van der Waals surface area contributed by atoms with Crippen LogP contribution in [-0.2, 0) is 16.0 Å². The number of nitrogens with one attached hydrogen (secondary N) is 1. The maximum Gasteiger partial charge on any atom is 0.339 e. The zero-order chi connectivity index (χ0) is 20.3. The van der Waals surface area contributed by atoms with Gasteiger partial charge in [0.15, 0.2) is 6.10 Å². The van der Waals surface area contributed by atoms with E-state index in [2.05, 4.69) is 10.3 Å². The average Bonchev–Trinajstić information content (AvgIpc) is 2.67. The third kappa shape index (κ3) is 4.15. The number of anilines is 1. The molecule has 1 aromatic heterocycles. The average molecular weight is 397 g/mol. The number of halogens is 1. The summed E-state index contributed by atoms with van der Waals surface area (Å²) in [7, 11) is 0. The SMILES string of the molecule is CCc1nc2ccccc2c(C(=O)O[C@@H](C)C(=O)Nc2cccc(Cl)c2)c1C. The molecule has 3 aromatic rings. The number of hydrogen-bond acceptors (Lipinski definition) is 4. The highest BCUT2D eigenvalue weighted by Gasteiger charge is 2.23. The minimum absolute atomic E-state index is 0.428. The molecular weight excluding hydrogens is 376 g/mol. The number of hydrogen-bond donors (Lipinski definition) is 1. The molecule has 0 radical (unpaired) electrons. The molecule has 0 unspecified atom stereocenters. The van der Waals surface area contributed by atoms with Crippen molar-refractivity contribution in [2.45, 2.75) is 33.3 Å². The standard InChI is InChI=1S/C22H21ClN2O3/c1-4-18-13(2)20(17-10-5-6-11-19(17)25-18)22(27)28-14(3)21(26)24-16-9-7-8-15(23)12-16/h5-12,14H,4H2,1-3H3,(H,24,26)/t14-/m0/s1. The molecule has 2 aromatic carbocycles. The Labute approximate surface area is 168 Å². The summed E-state index contributed by atoms with van der Waals surface area (Å²) < 4.78 is 5.48. The van der Waals surface area contributed by atoms with Gasteiger partial charge in [-0.15, -0.1) is 0 Å². The molecule has 6 heteroatoms. The van der Waals surface area contributed by atoms with Gasteiger partial charge in [-0.25, -0.2) is 4.79 Å². The first-order valence-electron chi connectivity index (χ1n) is 9.06. The minimum Gasteiger partial charge on any atom is -0.449 e. The second kappa shape index (κ2) is 8.40. The fraction of sp³-hybridized carbons (Fsp3) is 0.227. The van der Waals surface area contributed by atoms with E-state index in [1.807, 2.05) is 38.1 Å². The lowest BCUT2D eigenvalue weighted by atomic mass is 10.0. The molecule has 1 N–H and O–H groups in total. The Kier molecular flexibility index (Phi) is 5.95. The van der Waals surface area contributed by atoms with Crippen LogP contribution in [0.25, 0.3) is 10.9 Å². The number of carbonyl (C=O) groups excluding carboxylic acids is 2. The fourth-order valence-electron chi connectivity index (χ4n) is 3.05. The predicted octanol–water partition coefficient (Wildman–Crippen LogP) is 4.94. The van der Waals surface area contributed by atoms with Gasteiger partial charge in [0.2, 0.25) is 0 Å². The lowest BCUT2D eigenvalue weighted by Gasteiger charge is -2.17. The minimum atomic E-state index is -0.970. The second-order valence-corrected chi connectivity index (χ2v) is 6.91. The van der Waals surface area contributed by atoms with Crippen LogP contribution in [0.4, 0.5) is 5.69 Å². The van der Waals surface area contributed by atoms with Crippen molar-refractivity contribution in [3.8, 4) is 0 Å². The molecule has 0 fully saturated rings. The molecule has 0 bridgehead atoms. The van der Waals surface area contributed by atoms with Crippen molar-refractivity contribution in [1.82, 2.24) is 4.98 Å². The van der Waals surface area contributed by atoms with E-state index in [0.717, 1.165) is 16.8 Å². The third-order valence-electron chi connectivity index (χ3n) is 4.52. The van der Waals surface area contributed by atoms with Gasteiger partial charge in [-0.1, -0.05) is 42.8 Å². The molecular formula is C22H21ClN2O3. The predicted molar refractivity (Wildman–Crippen MR) is 111 cm³/mol. The smallest absolute Gasteiger partial charge is 0.339 e. The zero-order valence-corrected chi connectivity index (χ0v) is 16.7. The Balaban J connectivity index is 1.84. The van der Waals surface area contributed by atoms with Gasteiger partial charge in [0, 0.05) is 21.8 Å². The van der Waals surface area contributed by atoms with Crippen molar-refractivity contribution in [1.29, 1.82) is 0 Å². The summed E-state index contributed by atoms with van der Waals surface area (Å²) in [5.41, 5.74) is 3.33. The quantitative estimate of drug-likeness (QED) is 0.620. The molecule has 5 nitrogen and oxygen atoms in total. The van der Waals surface area contributed by atoms with Crippen molar-refractivity contribution in [2.24, 2.45) is 0 Å². The number of esters is 1. The highest BCUT2D eigenvalue weighted by molar-refractivity contribution is 6.30. The number of benzene rings is 2. The number of pyridine rings is 1. The molecule has 0 saturated heterocycles. The maximum atomic E-state index is 12.9. The Morgan fingerprint density at radius 2 is 1.93 bits per heavy atom. The van der Waals surface area contributed by atoms with Crippen LogP contribution in [0.2, 0.25) is 5.02 Å². The van der Waals surface area contributed by atoms with Gasteiger partial charge in [0.05, 0.1) is 11.1 Å². The van der Waals surface area contributed by atoms with Crippen LogP contribution in [0.15, 0.2) is 48.5 Å². The summed E-state index contributed by atoms with van der Waals surface area (Å²) in [4.78, 5) is 30.0. The maximum absolute atomic E-state index is 12.9. The number of aromatic nitrogens is 1. The molecule has 3 rings (SSSR count). The number of fused-ring (bicyclic) bond motifs is 1. The highest BCUT2D eigenvalue weighted by atomic mass is 35.5. The summed E-state index contributed by atoms with van der Waals surface area (Å²) in [6.45, 7) is 5.38. The number of para-hydroxylation sites is 1. The summed E-state index contributed by atoms with van der Waals surface area (Å²) in [6, 6.07) is 14.2. The van der Waals surface area contributed by atoms with Crippen LogP contribution in [0.1, 0.15) is 35.5 Å². The Morgan fingerprint density at radius 3 is 2.64 bits per heavy atom. The Bertz CT molecular complexity index is 1050. The highest BCUT2D eigenvalue weighted by Crippen LogP contribution is 2.25. The molecule has 0 aliphatic carbocycles. The van der Waals surface area contributed by atoms with Crippen molar-refractivity contribution in [2.75, 3.05) is 5.32 Å². The monoisotopic (exact) mass is 396 g/mol. The second-order valence-electron chi connectivity index (χ2n) is 6.48.